The van der Waals surface area contributed by atoms with Gasteiger partial charge in [0.25, 0.3) is 5.91 Å². The molecule has 0 aliphatic rings. The van der Waals surface area contributed by atoms with Crippen LogP contribution in [0.4, 0.5) is 0 Å². The molecule has 0 saturated heterocycles. The molecule has 180 valence electrons. The maximum absolute atomic E-state index is 12.1. The lowest BCUT2D eigenvalue weighted by Crippen LogP contribution is -2.43. The van der Waals surface area contributed by atoms with E-state index < -0.39 is 0 Å². The molecule has 0 fully saturated rings. The zero-order chi connectivity index (χ0) is 23.6. The van der Waals surface area contributed by atoms with Gasteiger partial charge in [-0.15, -0.1) is 0 Å². The summed E-state index contributed by atoms with van der Waals surface area (Å²) in [7, 11) is 0. The van der Waals surface area contributed by atoms with Gasteiger partial charge in [0.15, 0.2) is 6.61 Å². The zero-order valence-electron chi connectivity index (χ0n) is 20.1. The normalized spacial score (nSPS) is 10.6. The molecule has 0 radical (unpaired) electrons. The second-order valence-electron chi connectivity index (χ2n) is 8.53. The van der Waals surface area contributed by atoms with Crippen molar-refractivity contribution in [2.24, 2.45) is 0 Å². The van der Waals surface area contributed by atoms with Crippen LogP contribution in [0.25, 0.3) is 11.1 Å². The first-order chi connectivity index (χ1) is 16.2. The highest BCUT2D eigenvalue weighted by atomic mass is 16.5. The average molecular weight is 453 g/mol. The molecule has 0 atom stereocenters. The first-order valence-electron chi connectivity index (χ1n) is 12.6. The number of nitrogens with one attached hydrogen (secondary N) is 2. The number of hydrogen-bond acceptors (Lipinski definition) is 3. The minimum absolute atomic E-state index is 0.163. The van der Waals surface area contributed by atoms with Gasteiger partial charge in [-0.3, -0.25) is 20.4 Å². The van der Waals surface area contributed by atoms with Crippen LogP contribution in [-0.4, -0.2) is 18.4 Å². The van der Waals surface area contributed by atoms with Gasteiger partial charge in [0, 0.05) is 12.0 Å². The Morgan fingerprint density at radius 2 is 1.21 bits per heavy atom. The van der Waals surface area contributed by atoms with Crippen LogP contribution in [-0.2, 0) is 9.59 Å². The fraction of sp³-hybridized carbons (Fsp3) is 0.500. The molecule has 2 aromatic rings. The number of rotatable bonds is 16. The second kappa shape index (κ2) is 16.8. The van der Waals surface area contributed by atoms with Crippen molar-refractivity contribution in [3.8, 4) is 16.9 Å². The number of amides is 2. The van der Waals surface area contributed by atoms with E-state index in [1.807, 2.05) is 54.6 Å². The van der Waals surface area contributed by atoms with Crippen LogP contribution in [0.3, 0.4) is 0 Å². The quantitative estimate of drug-likeness (QED) is 0.223. The summed E-state index contributed by atoms with van der Waals surface area (Å²) < 4.78 is 5.69. The molecular formula is C28H40N2O3. The molecule has 2 amide bonds. The standard InChI is InChI=1S/C28H40N2O3/c1-2-3-4-5-6-7-8-9-10-11-15-22-27(31)29-30-28(32)23-33-26-21-17-16-20-25(26)24-18-13-12-14-19-24/h12-14,16-21H,2-11,15,22-23H2,1H3,(H,29,31)(H,30,32). The van der Waals surface area contributed by atoms with Crippen molar-refractivity contribution < 1.29 is 14.3 Å². The van der Waals surface area contributed by atoms with Crippen LogP contribution in [0.15, 0.2) is 54.6 Å². The van der Waals surface area contributed by atoms with E-state index in [-0.39, 0.29) is 18.4 Å². The molecular weight excluding hydrogens is 412 g/mol. The van der Waals surface area contributed by atoms with Gasteiger partial charge in [-0.05, 0) is 18.1 Å². The molecule has 33 heavy (non-hydrogen) atoms. The number of hydrogen-bond donors (Lipinski definition) is 2. The summed E-state index contributed by atoms with van der Waals surface area (Å²) in [6.45, 7) is 2.08. The summed E-state index contributed by atoms with van der Waals surface area (Å²) in [6.07, 6.45) is 14.1. The summed E-state index contributed by atoms with van der Waals surface area (Å²) in [6, 6.07) is 17.5. The summed E-state index contributed by atoms with van der Waals surface area (Å²) in [5.41, 5.74) is 6.86. The number of benzene rings is 2. The third-order valence-corrected chi connectivity index (χ3v) is 5.68. The van der Waals surface area contributed by atoms with Gasteiger partial charge in [-0.1, -0.05) is 120 Å². The largest absolute Gasteiger partial charge is 0.483 e. The van der Waals surface area contributed by atoms with E-state index in [2.05, 4.69) is 17.8 Å². The van der Waals surface area contributed by atoms with Crippen molar-refractivity contribution in [2.45, 2.75) is 84.0 Å². The van der Waals surface area contributed by atoms with E-state index in [0.29, 0.717) is 12.2 Å². The van der Waals surface area contributed by atoms with Gasteiger partial charge in [0.05, 0.1) is 0 Å². The molecule has 2 aromatic carbocycles. The van der Waals surface area contributed by atoms with Crippen molar-refractivity contribution in [1.29, 1.82) is 0 Å². The van der Waals surface area contributed by atoms with E-state index in [1.165, 1.54) is 57.8 Å². The summed E-state index contributed by atoms with van der Waals surface area (Å²) in [5.74, 6) is 0.0836. The molecule has 5 heteroatoms. The molecule has 0 aliphatic heterocycles. The van der Waals surface area contributed by atoms with Crippen molar-refractivity contribution in [3.63, 3.8) is 0 Å². The Labute approximate surface area is 199 Å². The van der Waals surface area contributed by atoms with E-state index in [9.17, 15) is 9.59 Å². The molecule has 0 unspecified atom stereocenters. The minimum atomic E-state index is -0.384. The molecule has 2 rings (SSSR count). The summed E-state index contributed by atoms with van der Waals surface area (Å²) >= 11 is 0. The van der Waals surface area contributed by atoms with Crippen LogP contribution in [0.2, 0.25) is 0 Å². The predicted octanol–water partition coefficient (Wildman–Crippen LogP) is 6.58. The molecule has 0 bridgehead atoms. The molecule has 0 aliphatic carbocycles. The monoisotopic (exact) mass is 452 g/mol. The Balaban J connectivity index is 1.53. The SMILES string of the molecule is CCCCCCCCCCCCCC(=O)NNC(=O)COc1ccccc1-c1ccccc1. The molecule has 0 aromatic heterocycles. The Morgan fingerprint density at radius 3 is 1.88 bits per heavy atom. The minimum Gasteiger partial charge on any atom is -0.483 e. The molecule has 0 heterocycles. The number of unbranched alkanes of at least 4 members (excludes halogenated alkanes) is 10. The Morgan fingerprint density at radius 1 is 0.667 bits per heavy atom. The van der Waals surface area contributed by atoms with Gasteiger partial charge in [0.2, 0.25) is 5.91 Å². The molecule has 2 N–H and O–H groups in total. The van der Waals surface area contributed by atoms with Crippen LogP contribution < -0.4 is 15.6 Å². The molecule has 0 saturated carbocycles. The topological polar surface area (TPSA) is 67.4 Å². The third kappa shape index (κ3) is 11.6. The number of hydrazine groups is 1. The fourth-order valence-electron chi connectivity index (χ4n) is 3.78. The maximum Gasteiger partial charge on any atom is 0.276 e. The van der Waals surface area contributed by atoms with E-state index in [1.54, 1.807) is 0 Å². The molecule has 0 spiro atoms. The first-order valence-corrected chi connectivity index (χ1v) is 12.6. The lowest BCUT2D eigenvalue weighted by Gasteiger charge is -2.12. The van der Waals surface area contributed by atoms with E-state index in [4.69, 9.17) is 4.74 Å². The molecule has 5 nitrogen and oxygen atoms in total. The number of para-hydroxylation sites is 1. The highest BCUT2D eigenvalue weighted by molar-refractivity contribution is 5.83. The number of carbonyl (C=O) groups excluding carboxylic acids is 2. The average Bonchev–Trinajstić information content (AvgIpc) is 2.85. The highest BCUT2D eigenvalue weighted by Crippen LogP contribution is 2.29. The van der Waals surface area contributed by atoms with Crippen molar-refractivity contribution >= 4 is 11.8 Å². The Bertz CT molecular complexity index is 808. The Hall–Kier alpha value is -2.82. The highest BCUT2D eigenvalue weighted by Gasteiger charge is 2.09. The van der Waals surface area contributed by atoms with Crippen molar-refractivity contribution in [1.82, 2.24) is 10.9 Å². The van der Waals surface area contributed by atoms with E-state index >= 15 is 0 Å². The summed E-state index contributed by atoms with van der Waals surface area (Å²) in [5, 5.41) is 0. The van der Waals surface area contributed by atoms with Crippen molar-refractivity contribution in [2.75, 3.05) is 6.61 Å². The van der Waals surface area contributed by atoms with Gasteiger partial charge < -0.3 is 4.74 Å². The van der Waals surface area contributed by atoms with E-state index in [0.717, 1.165) is 24.0 Å². The third-order valence-electron chi connectivity index (χ3n) is 5.68. The van der Waals surface area contributed by atoms with Crippen LogP contribution >= 0.6 is 0 Å². The smallest absolute Gasteiger partial charge is 0.276 e. The lowest BCUT2D eigenvalue weighted by molar-refractivity contribution is -0.130. The van der Waals surface area contributed by atoms with Crippen LogP contribution in [0.5, 0.6) is 5.75 Å². The van der Waals surface area contributed by atoms with Gasteiger partial charge in [0.1, 0.15) is 5.75 Å². The van der Waals surface area contributed by atoms with Gasteiger partial charge >= 0.3 is 0 Å². The van der Waals surface area contributed by atoms with Gasteiger partial charge in [-0.25, -0.2) is 0 Å². The predicted molar refractivity (Wildman–Crippen MR) is 135 cm³/mol. The second-order valence-corrected chi connectivity index (χ2v) is 8.53. The fourth-order valence-corrected chi connectivity index (χ4v) is 3.78. The number of ether oxygens (including phenoxy) is 1. The van der Waals surface area contributed by atoms with Crippen LogP contribution in [0, 0.1) is 0 Å². The number of carbonyl (C=O) groups is 2. The first kappa shape index (κ1) is 26.4. The maximum atomic E-state index is 12.1. The zero-order valence-corrected chi connectivity index (χ0v) is 20.1. The lowest BCUT2D eigenvalue weighted by atomic mass is 10.1. The summed E-state index contributed by atoms with van der Waals surface area (Å²) in [4.78, 5) is 24.0. The van der Waals surface area contributed by atoms with Crippen molar-refractivity contribution in [3.05, 3.63) is 54.6 Å². The van der Waals surface area contributed by atoms with Gasteiger partial charge in [-0.2, -0.15) is 0 Å². The Kier molecular flexibility index (Phi) is 13.4. The van der Waals surface area contributed by atoms with Crippen LogP contribution in [0.1, 0.15) is 84.0 Å².